The zero-order valence-corrected chi connectivity index (χ0v) is 16.7. The van der Waals surface area contributed by atoms with Crippen molar-refractivity contribution in [2.75, 3.05) is 11.7 Å². The minimum Gasteiger partial charge on any atom is -0.454 e. The average molecular weight is 414 g/mol. The van der Waals surface area contributed by atoms with Gasteiger partial charge in [-0.2, -0.15) is 0 Å². The van der Waals surface area contributed by atoms with Crippen LogP contribution in [-0.2, 0) is 6.54 Å². The number of ether oxygens (including phenoxy) is 2. The lowest BCUT2D eigenvalue weighted by atomic mass is 10.1. The highest BCUT2D eigenvalue weighted by Gasteiger charge is 2.37. The standard InChI is InChI=1S/C24H18N2O5/c1-14-4-2-3-5-19(14)26-23(28)17-8-7-16(11-18(17)24(26)29)22(27)25-12-15-6-9-20-21(10-15)31-13-30-20/h2-11H,12-13H2,1H3,(H,25,27). The first-order valence-electron chi connectivity index (χ1n) is 9.78. The molecule has 3 aromatic rings. The number of hydrogen-bond acceptors (Lipinski definition) is 5. The number of rotatable bonds is 4. The van der Waals surface area contributed by atoms with Crippen LogP contribution in [-0.4, -0.2) is 24.5 Å². The fraction of sp³-hybridized carbons (Fsp3) is 0.125. The van der Waals surface area contributed by atoms with Crippen molar-refractivity contribution in [2.45, 2.75) is 13.5 Å². The van der Waals surface area contributed by atoms with E-state index in [1.807, 2.05) is 31.2 Å². The lowest BCUT2D eigenvalue weighted by molar-refractivity contribution is 0.0923. The summed E-state index contributed by atoms with van der Waals surface area (Å²) in [6.45, 7) is 2.31. The Hall–Kier alpha value is -4.13. The van der Waals surface area contributed by atoms with Gasteiger partial charge in [-0.05, 0) is 54.4 Å². The molecule has 2 heterocycles. The topological polar surface area (TPSA) is 84.9 Å². The lowest BCUT2D eigenvalue weighted by Crippen LogP contribution is -2.30. The van der Waals surface area contributed by atoms with Crippen LogP contribution >= 0.6 is 0 Å². The van der Waals surface area contributed by atoms with Crippen LogP contribution < -0.4 is 19.7 Å². The van der Waals surface area contributed by atoms with Crippen LogP contribution in [0.4, 0.5) is 5.69 Å². The Morgan fingerprint density at radius 2 is 1.71 bits per heavy atom. The van der Waals surface area contributed by atoms with E-state index in [1.54, 1.807) is 24.3 Å². The number of para-hydroxylation sites is 1. The van der Waals surface area contributed by atoms with E-state index in [0.29, 0.717) is 28.3 Å². The highest BCUT2D eigenvalue weighted by molar-refractivity contribution is 6.35. The van der Waals surface area contributed by atoms with Gasteiger partial charge in [-0.15, -0.1) is 0 Å². The Kier molecular flexibility index (Phi) is 4.43. The quantitative estimate of drug-likeness (QED) is 0.661. The molecule has 0 unspecified atom stereocenters. The van der Waals surface area contributed by atoms with Crippen molar-refractivity contribution in [3.8, 4) is 11.5 Å². The van der Waals surface area contributed by atoms with E-state index in [-0.39, 0.29) is 30.7 Å². The molecule has 0 fully saturated rings. The second-order valence-electron chi connectivity index (χ2n) is 7.36. The number of anilines is 1. The highest BCUT2D eigenvalue weighted by atomic mass is 16.7. The Morgan fingerprint density at radius 3 is 2.55 bits per heavy atom. The lowest BCUT2D eigenvalue weighted by Gasteiger charge is -2.16. The number of hydrogen-bond donors (Lipinski definition) is 1. The fourth-order valence-corrected chi connectivity index (χ4v) is 3.75. The fourth-order valence-electron chi connectivity index (χ4n) is 3.75. The molecule has 5 rings (SSSR count). The molecule has 31 heavy (non-hydrogen) atoms. The molecule has 0 saturated heterocycles. The molecule has 0 aromatic heterocycles. The summed E-state index contributed by atoms with van der Waals surface area (Å²) in [6, 6.07) is 17.2. The first kappa shape index (κ1) is 18.9. The van der Waals surface area contributed by atoms with E-state index in [4.69, 9.17) is 9.47 Å². The van der Waals surface area contributed by atoms with Crippen molar-refractivity contribution in [3.63, 3.8) is 0 Å². The zero-order valence-electron chi connectivity index (χ0n) is 16.7. The van der Waals surface area contributed by atoms with Gasteiger partial charge in [0.1, 0.15) is 0 Å². The van der Waals surface area contributed by atoms with E-state index in [1.165, 1.54) is 12.1 Å². The molecule has 0 radical (unpaired) electrons. The maximum absolute atomic E-state index is 13.0. The van der Waals surface area contributed by atoms with E-state index in [2.05, 4.69) is 5.32 Å². The van der Waals surface area contributed by atoms with E-state index >= 15 is 0 Å². The van der Waals surface area contributed by atoms with Gasteiger partial charge < -0.3 is 14.8 Å². The van der Waals surface area contributed by atoms with Gasteiger partial charge in [0, 0.05) is 12.1 Å². The van der Waals surface area contributed by atoms with Crippen molar-refractivity contribution < 1.29 is 23.9 Å². The zero-order chi connectivity index (χ0) is 21.5. The molecular weight excluding hydrogens is 396 g/mol. The number of fused-ring (bicyclic) bond motifs is 2. The summed E-state index contributed by atoms with van der Waals surface area (Å²) in [6.07, 6.45) is 0. The molecule has 1 N–H and O–H groups in total. The summed E-state index contributed by atoms with van der Waals surface area (Å²) >= 11 is 0. The number of carbonyl (C=O) groups is 3. The van der Waals surface area contributed by atoms with Gasteiger partial charge in [0.2, 0.25) is 6.79 Å². The first-order valence-corrected chi connectivity index (χ1v) is 9.78. The minimum absolute atomic E-state index is 0.187. The molecule has 3 amide bonds. The van der Waals surface area contributed by atoms with Crippen LogP contribution in [0.25, 0.3) is 0 Å². The molecule has 0 aliphatic carbocycles. The van der Waals surface area contributed by atoms with E-state index < -0.39 is 5.91 Å². The molecule has 0 bridgehead atoms. The van der Waals surface area contributed by atoms with Gasteiger partial charge in [0.15, 0.2) is 11.5 Å². The molecule has 7 nitrogen and oxygen atoms in total. The van der Waals surface area contributed by atoms with Crippen molar-refractivity contribution in [2.24, 2.45) is 0 Å². The minimum atomic E-state index is -0.431. The number of aryl methyl sites for hydroxylation is 1. The van der Waals surface area contributed by atoms with Gasteiger partial charge in [-0.25, -0.2) is 4.90 Å². The van der Waals surface area contributed by atoms with Crippen LogP contribution in [0.2, 0.25) is 0 Å². The first-order chi connectivity index (χ1) is 15.0. The third-order valence-electron chi connectivity index (χ3n) is 5.40. The number of amides is 3. The number of benzene rings is 3. The van der Waals surface area contributed by atoms with Crippen LogP contribution in [0.3, 0.4) is 0 Å². The van der Waals surface area contributed by atoms with Gasteiger partial charge in [-0.3, -0.25) is 14.4 Å². The molecular formula is C24H18N2O5. The second kappa shape index (κ2) is 7.28. The maximum atomic E-state index is 13.0. The van der Waals surface area contributed by atoms with Gasteiger partial charge in [0.25, 0.3) is 17.7 Å². The number of imide groups is 1. The van der Waals surface area contributed by atoms with Gasteiger partial charge in [-0.1, -0.05) is 24.3 Å². The number of carbonyl (C=O) groups excluding carboxylic acids is 3. The second-order valence-corrected chi connectivity index (χ2v) is 7.36. The summed E-state index contributed by atoms with van der Waals surface area (Å²) in [7, 11) is 0. The van der Waals surface area contributed by atoms with Crippen LogP contribution in [0, 0.1) is 6.92 Å². The molecule has 2 aliphatic heterocycles. The Balaban J connectivity index is 1.35. The Labute approximate surface area is 178 Å². The average Bonchev–Trinajstić information content (AvgIpc) is 3.35. The number of nitrogens with one attached hydrogen (secondary N) is 1. The van der Waals surface area contributed by atoms with Crippen LogP contribution in [0.15, 0.2) is 60.7 Å². The Morgan fingerprint density at radius 1 is 0.935 bits per heavy atom. The molecule has 0 atom stereocenters. The molecule has 3 aromatic carbocycles. The van der Waals surface area contributed by atoms with Gasteiger partial charge >= 0.3 is 0 Å². The maximum Gasteiger partial charge on any atom is 0.266 e. The van der Waals surface area contributed by atoms with Crippen molar-refractivity contribution in [1.29, 1.82) is 0 Å². The summed E-state index contributed by atoms with van der Waals surface area (Å²) in [5, 5.41) is 2.83. The summed E-state index contributed by atoms with van der Waals surface area (Å²) in [5.41, 5.74) is 3.05. The molecule has 7 heteroatoms. The molecule has 0 saturated carbocycles. The normalized spacial score (nSPS) is 14.0. The predicted octanol–water partition coefficient (Wildman–Crippen LogP) is 3.45. The third kappa shape index (κ3) is 3.20. The summed E-state index contributed by atoms with van der Waals surface area (Å²) in [4.78, 5) is 39.6. The van der Waals surface area contributed by atoms with Gasteiger partial charge in [0.05, 0.1) is 16.8 Å². The molecule has 2 aliphatic rings. The summed E-state index contributed by atoms with van der Waals surface area (Å²) in [5.74, 6) is 0.163. The predicted molar refractivity (Wildman–Crippen MR) is 112 cm³/mol. The van der Waals surface area contributed by atoms with Crippen LogP contribution in [0.1, 0.15) is 42.2 Å². The largest absolute Gasteiger partial charge is 0.454 e. The van der Waals surface area contributed by atoms with Crippen LogP contribution in [0.5, 0.6) is 11.5 Å². The monoisotopic (exact) mass is 414 g/mol. The van der Waals surface area contributed by atoms with E-state index in [9.17, 15) is 14.4 Å². The molecule has 0 spiro atoms. The smallest absolute Gasteiger partial charge is 0.266 e. The third-order valence-corrected chi connectivity index (χ3v) is 5.40. The van der Waals surface area contributed by atoms with Crippen molar-refractivity contribution >= 4 is 23.4 Å². The Bertz CT molecular complexity index is 1250. The molecule has 154 valence electrons. The van der Waals surface area contributed by atoms with Crippen molar-refractivity contribution in [1.82, 2.24) is 5.32 Å². The van der Waals surface area contributed by atoms with E-state index in [0.717, 1.165) is 16.0 Å². The SMILES string of the molecule is Cc1ccccc1N1C(=O)c2ccc(C(=O)NCc3ccc4c(c3)OCO4)cc2C1=O. The number of nitrogens with zero attached hydrogens (tertiary/aromatic N) is 1. The highest BCUT2D eigenvalue weighted by Crippen LogP contribution is 2.33. The van der Waals surface area contributed by atoms with Crippen molar-refractivity contribution in [3.05, 3.63) is 88.5 Å². The summed E-state index contributed by atoms with van der Waals surface area (Å²) < 4.78 is 10.6.